The first-order valence-corrected chi connectivity index (χ1v) is 6.86. The third-order valence-corrected chi connectivity index (χ3v) is 3.38. The molecule has 116 valence electrons. The van der Waals surface area contributed by atoms with E-state index in [1.807, 2.05) is 25.1 Å². The molecule has 2 aromatic rings. The van der Waals surface area contributed by atoms with Crippen LogP contribution in [0.1, 0.15) is 17.5 Å². The SMILES string of the molecule is COc1ccc(C)cc1-c1cc(CCC(=O)O)c(=O)n(C)n1. The Hall–Kier alpha value is -2.63. The number of hydrogen-bond acceptors (Lipinski definition) is 4. The number of nitrogens with zero attached hydrogens (tertiary/aromatic N) is 2. The molecule has 0 aliphatic rings. The monoisotopic (exact) mass is 302 g/mol. The van der Waals surface area contributed by atoms with Gasteiger partial charge in [-0.05, 0) is 31.5 Å². The Morgan fingerprint density at radius 3 is 2.73 bits per heavy atom. The molecule has 1 heterocycles. The largest absolute Gasteiger partial charge is 0.496 e. The molecule has 6 heteroatoms. The number of methoxy groups -OCH3 is 1. The molecule has 0 fully saturated rings. The second-order valence-electron chi connectivity index (χ2n) is 5.08. The van der Waals surface area contributed by atoms with Gasteiger partial charge < -0.3 is 9.84 Å². The van der Waals surface area contributed by atoms with E-state index in [2.05, 4.69) is 5.10 Å². The molecule has 22 heavy (non-hydrogen) atoms. The minimum atomic E-state index is -0.937. The highest BCUT2D eigenvalue weighted by atomic mass is 16.5. The first kappa shape index (κ1) is 15.8. The Morgan fingerprint density at radius 2 is 2.09 bits per heavy atom. The minimum Gasteiger partial charge on any atom is -0.496 e. The molecule has 0 saturated carbocycles. The van der Waals surface area contributed by atoms with Crippen molar-refractivity contribution in [2.45, 2.75) is 19.8 Å². The lowest BCUT2D eigenvalue weighted by Gasteiger charge is -2.11. The summed E-state index contributed by atoms with van der Waals surface area (Å²) in [5.41, 5.74) is 2.55. The Balaban J connectivity index is 2.54. The molecule has 1 N–H and O–H groups in total. The lowest BCUT2D eigenvalue weighted by Crippen LogP contribution is -2.24. The van der Waals surface area contributed by atoms with Crippen molar-refractivity contribution in [1.82, 2.24) is 9.78 Å². The lowest BCUT2D eigenvalue weighted by atomic mass is 10.0. The summed E-state index contributed by atoms with van der Waals surface area (Å²) in [7, 11) is 3.12. The quantitative estimate of drug-likeness (QED) is 0.910. The molecule has 0 amide bonds. The normalized spacial score (nSPS) is 10.5. The van der Waals surface area contributed by atoms with Crippen molar-refractivity contribution in [2.75, 3.05) is 7.11 Å². The van der Waals surface area contributed by atoms with E-state index in [1.165, 1.54) is 4.68 Å². The average Bonchev–Trinajstić information content (AvgIpc) is 2.48. The number of rotatable bonds is 5. The van der Waals surface area contributed by atoms with E-state index < -0.39 is 5.97 Å². The van der Waals surface area contributed by atoms with E-state index in [0.29, 0.717) is 17.0 Å². The highest BCUT2D eigenvalue weighted by Crippen LogP contribution is 2.29. The van der Waals surface area contributed by atoms with Crippen molar-refractivity contribution in [3.05, 3.63) is 45.7 Å². The van der Waals surface area contributed by atoms with E-state index in [0.717, 1.165) is 11.1 Å². The summed E-state index contributed by atoms with van der Waals surface area (Å²) < 4.78 is 6.57. The minimum absolute atomic E-state index is 0.0936. The van der Waals surface area contributed by atoms with Gasteiger partial charge in [-0.1, -0.05) is 11.6 Å². The fourth-order valence-corrected chi connectivity index (χ4v) is 2.24. The van der Waals surface area contributed by atoms with Gasteiger partial charge >= 0.3 is 5.97 Å². The van der Waals surface area contributed by atoms with E-state index in [-0.39, 0.29) is 18.4 Å². The highest BCUT2D eigenvalue weighted by molar-refractivity contribution is 5.69. The summed E-state index contributed by atoms with van der Waals surface area (Å²) in [5, 5.41) is 13.1. The number of hydrogen-bond donors (Lipinski definition) is 1. The topological polar surface area (TPSA) is 81.4 Å². The maximum absolute atomic E-state index is 12.1. The molecule has 0 saturated heterocycles. The van der Waals surface area contributed by atoms with Crippen LogP contribution in [0.2, 0.25) is 0 Å². The van der Waals surface area contributed by atoms with Crippen molar-refractivity contribution in [2.24, 2.45) is 7.05 Å². The fraction of sp³-hybridized carbons (Fsp3) is 0.312. The van der Waals surface area contributed by atoms with Gasteiger partial charge in [0.25, 0.3) is 5.56 Å². The zero-order valence-corrected chi connectivity index (χ0v) is 12.8. The zero-order chi connectivity index (χ0) is 16.3. The summed E-state index contributed by atoms with van der Waals surface area (Å²) in [6.07, 6.45) is 0.0787. The van der Waals surface area contributed by atoms with Gasteiger partial charge in [0.1, 0.15) is 5.75 Å². The van der Waals surface area contributed by atoms with Gasteiger partial charge in [-0.3, -0.25) is 9.59 Å². The van der Waals surface area contributed by atoms with Crippen molar-refractivity contribution >= 4 is 5.97 Å². The van der Waals surface area contributed by atoms with Gasteiger partial charge in [-0.15, -0.1) is 0 Å². The second kappa shape index (κ2) is 6.43. The molecule has 6 nitrogen and oxygen atoms in total. The number of benzene rings is 1. The number of aryl methyl sites for hydroxylation is 3. The van der Waals surface area contributed by atoms with Crippen molar-refractivity contribution in [3.63, 3.8) is 0 Å². The molecule has 0 atom stereocenters. The Labute approximate surface area is 128 Å². The second-order valence-corrected chi connectivity index (χ2v) is 5.08. The standard InChI is InChI=1S/C16H18N2O4/c1-10-4-6-14(22-3)12(8-10)13-9-11(5-7-15(19)20)16(21)18(2)17-13/h4,6,8-9H,5,7H2,1-3H3,(H,19,20). The summed E-state index contributed by atoms with van der Waals surface area (Å²) in [4.78, 5) is 22.8. The average molecular weight is 302 g/mol. The molecule has 0 bridgehead atoms. The molecule has 0 spiro atoms. The number of carboxylic acids is 1. The molecule has 2 rings (SSSR count). The Bertz CT molecular complexity index is 765. The number of ether oxygens (including phenoxy) is 1. The van der Waals surface area contributed by atoms with Crippen LogP contribution in [0.5, 0.6) is 5.75 Å². The molecule has 1 aromatic carbocycles. The third-order valence-electron chi connectivity index (χ3n) is 3.38. The van der Waals surface area contributed by atoms with Crippen molar-refractivity contribution in [3.8, 4) is 17.0 Å². The van der Waals surface area contributed by atoms with Crippen LogP contribution in [0.3, 0.4) is 0 Å². The van der Waals surface area contributed by atoms with E-state index in [4.69, 9.17) is 9.84 Å². The van der Waals surface area contributed by atoms with E-state index in [9.17, 15) is 9.59 Å². The predicted molar refractivity (Wildman–Crippen MR) is 82.2 cm³/mol. The Morgan fingerprint density at radius 1 is 1.36 bits per heavy atom. The van der Waals surface area contributed by atoms with E-state index in [1.54, 1.807) is 20.2 Å². The summed E-state index contributed by atoms with van der Waals surface area (Å²) in [6.45, 7) is 1.95. The molecule has 0 aliphatic heterocycles. The third kappa shape index (κ3) is 3.33. The van der Waals surface area contributed by atoms with Crippen LogP contribution in [0.4, 0.5) is 0 Å². The highest BCUT2D eigenvalue weighted by Gasteiger charge is 2.13. The number of aromatic nitrogens is 2. The fourth-order valence-electron chi connectivity index (χ4n) is 2.24. The molecule has 0 unspecified atom stereocenters. The molecule has 0 aliphatic carbocycles. The van der Waals surface area contributed by atoms with Gasteiger partial charge in [0.15, 0.2) is 0 Å². The number of carboxylic acid groups (broad SMARTS) is 1. The van der Waals surface area contributed by atoms with Gasteiger partial charge in [0, 0.05) is 24.6 Å². The lowest BCUT2D eigenvalue weighted by molar-refractivity contribution is -0.136. The number of aliphatic carboxylic acids is 1. The first-order valence-electron chi connectivity index (χ1n) is 6.86. The molecular weight excluding hydrogens is 284 g/mol. The van der Waals surface area contributed by atoms with Crippen molar-refractivity contribution < 1.29 is 14.6 Å². The first-order chi connectivity index (χ1) is 10.4. The predicted octanol–water partition coefficient (Wildman–Crippen LogP) is 1.78. The smallest absolute Gasteiger partial charge is 0.303 e. The molecular formula is C16H18N2O4. The van der Waals surface area contributed by atoms with Gasteiger partial charge in [0.05, 0.1) is 12.8 Å². The Kier molecular flexibility index (Phi) is 4.60. The van der Waals surface area contributed by atoms with Crippen LogP contribution in [-0.2, 0) is 18.3 Å². The van der Waals surface area contributed by atoms with E-state index >= 15 is 0 Å². The zero-order valence-electron chi connectivity index (χ0n) is 12.8. The summed E-state index contributed by atoms with van der Waals surface area (Å²) in [6, 6.07) is 7.33. The maximum atomic E-state index is 12.1. The van der Waals surface area contributed by atoms with Gasteiger partial charge in [-0.2, -0.15) is 5.10 Å². The summed E-state index contributed by atoms with van der Waals surface area (Å²) in [5.74, 6) is -0.283. The maximum Gasteiger partial charge on any atom is 0.303 e. The van der Waals surface area contributed by atoms with Crippen molar-refractivity contribution in [1.29, 1.82) is 0 Å². The molecule has 0 radical (unpaired) electrons. The number of carbonyl (C=O) groups is 1. The summed E-state index contributed by atoms with van der Waals surface area (Å²) >= 11 is 0. The van der Waals surface area contributed by atoms with Crippen LogP contribution in [0, 0.1) is 6.92 Å². The van der Waals surface area contributed by atoms with Crippen LogP contribution in [0.25, 0.3) is 11.3 Å². The van der Waals surface area contributed by atoms with Crippen LogP contribution < -0.4 is 10.3 Å². The van der Waals surface area contributed by atoms with Gasteiger partial charge in [0.2, 0.25) is 0 Å². The van der Waals surface area contributed by atoms with Crippen LogP contribution in [-0.4, -0.2) is 28.0 Å². The van der Waals surface area contributed by atoms with Crippen LogP contribution in [0.15, 0.2) is 29.1 Å². The van der Waals surface area contributed by atoms with Crippen LogP contribution >= 0.6 is 0 Å². The molecule has 1 aromatic heterocycles. The van der Waals surface area contributed by atoms with Gasteiger partial charge in [-0.25, -0.2) is 4.68 Å².